The van der Waals surface area contributed by atoms with Gasteiger partial charge in [0.2, 0.25) is 0 Å². The molecule has 110 valence electrons. The van der Waals surface area contributed by atoms with E-state index in [9.17, 15) is 4.79 Å². The van der Waals surface area contributed by atoms with Crippen LogP contribution in [0, 0.1) is 13.8 Å². The molecule has 21 heavy (non-hydrogen) atoms. The van der Waals surface area contributed by atoms with E-state index in [0.29, 0.717) is 11.3 Å². The number of aromatic carboxylic acids is 1. The Morgan fingerprint density at radius 2 is 1.86 bits per heavy atom. The second-order valence-electron chi connectivity index (χ2n) is 4.89. The summed E-state index contributed by atoms with van der Waals surface area (Å²) in [6.07, 6.45) is 0. The van der Waals surface area contributed by atoms with Crippen molar-refractivity contribution >= 4 is 5.97 Å². The Labute approximate surface area is 123 Å². The molecule has 2 aromatic carbocycles. The fourth-order valence-electron chi connectivity index (χ4n) is 2.04. The SMILES string of the molecule is COc1ccc(C(=O)O)cc1COc1cc(C)ccc1C. The first-order valence-corrected chi connectivity index (χ1v) is 6.61. The molecule has 0 saturated carbocycles. The lowest BCUT2D eigenvalue weighted by atomic mass is 10.1. The summed E-state index contributed by atoms with van der Waals surface area (Å²) < 4.78 is 11.1. The normalized spacial score (nSPS) is 10.2. The van der Waals surface area contributed by atoms with Gasteiger partial charge in [0.15, 0.2) is 0 Å². The number of carboxylic acid groups (broad SMARTS) is 1. The van der Waals surface area contributed by atoms with Gasteiger partial charge in [0.25, 0.3) is 0 Å². The smallest absolute Gasteiger partial charge is 0.335 e. The molecule has 0 heterocycles. The van der Waals surface area contributed by atoms with Crippen LogP contribution in [0.5, 0.6) is 11.5 Å². The first kappa shape index (κ1) is 14.9. The summed E-state index contributed by atoms with van der Waals surface area (Å²) in [5, 5.41) is 9.06. The predicted molar refractivity (Wildman–Crippen MR) is 80.2 cm³/mol. The predicted octanol–water partition coefficient (Wildman–Crippen LogP) is 3.59. The van der Waals surface area contributed by atoms with Crippen LogP contribution in [-0.2, 0) is 6.61 Å². The van der Waals surface area contributed by atoms with E-state index in [4.69, 9.17) is 14.6 Å². The second-order valence-corrected chi connectivity index (χ2v) is 4.89. The van der Waals surface area contributed by atoms with E-state index in [0.717, 1.165) is 16.9 Å². The van der Waals surface area contributed by atoms with Crippen molar-refractivity contribution in [2.24, 2.45) is 0 Å². The Hall–Kier alpha value is -2.49. The lowest BCUT2D eigenvalue weighted by molar-refractivity contribution is 0.0696. The number of methoxy groups -OCH3 is 1. The Morgan fingerprint density at radius 3 is 2.52 bits per heavy atom. The summed E-state index contributed by atoms with van der Waals surface area (Å²) in [5.41, 5.74) is 3.07. The molecular formula is C17H18O4. The molecular weight excluding hydrogens is 268 g/mol. The first-order valence-electron chi connectivity index (χ1n) is 6.61. The van der Waals surface area contributed by atoms with Crippen molar-refractivity contribution in [3.8, 4) is 11.5 Å². The quantitative estimate of drug-likeness (QED) is 0.912. The van der Waals surface area contributed by atoms with E-state index in [-0.39, 0.29) is 12.2 Å². The third kappa shape index (κ3) is 3.54. The van der Waals surface area contributed by atoms with Crippen molar-refractivity contribution in [2.75, 3.05) is 7.11 Å². The maximum atomic E-state index is 11.0. The minimum absolute atomic E-state index is 0.218. The average Bonchev–Trinajstić information content (AvgIpc) is 2.47. The van der Waals surface area contributed by atoms with Gasteiger partial charge in [-0.15, -0.1) is 0 Å². The molecule has 0 aliphatic rings. The van der Waals surface area contributed by atoms with Crippen LogP contribution >= 0.6 is 0 Å². The molecule has 0 radical (unpaired) electrons. The van der Waals surface area contributed by atoms with Crippen LogP contribution in [0.4, 0.5) is 0 Å². The minimum Gasteiger partial charge on any atom is -0.496 e. The highest BCUT2D eigenvalue weighted by Crippen LogP contribution is 2.24. The number of carboxylic acids is 1. The molecule has 4 heteroatoms. The van der Waals surface area contributed by atoms with Crippen molar-refractivity contribution in [3.63, 3.8) is 0 Å². The summed E-state index contributed by atoms with van der Waals surface area (Å²) in [5.74, 6) is 0.439. The van der Waals surface area contributed by atoms with Crippen LogP contribution in [0.3, 0.4) is 0 Å². The summed E-state index contributed by atoms with van der Waals surface area (Å²) in [4.78, 5) is 11.0. The average molecular weight is 286 g/mol. The molecule has 0 aromatic heterocycles. The van der Waals surface area contributed by atoms with Gasteiger partial charge < -0.3 is 14.6 Å². The fourth-order valence-corrected chi connectivity index (χ4v) is 2.04. The number of ether oxygens (including phenoxy) is 2. The highest BCUT2D eigenvalue weighted by atomic mass is 16.5. The minimum atomic E-state index is -0.967. The molecule has 1 N–H and O–H groups in total. The van der Waals surface area contributed by atoms with Crippen LogP contribution in [0.25, 0.3) is 0 Å². The summed E-state index contributed by atoms with van der Waals surface area (Å²) in [7, 11) is 1.55. The van der Waals surface area contributed by atoms with Gasteiger partial charge >= 0.3 is 5.97 Å². The maximum Gasteiger partial charge on any atom is 0.335 e. The molecule has 2 aromatic rings. The third-order valence-electron chi connectivity index (χ3n) is 3.25. The molecule has 0 amide bonds. The van der Waals surface area contributed by atoms with Gasteiger partial charge in [0, 0.05) is 5.56 Å². The Bertz CT molecular complexity index is 662. The van der Waals surface area contributed by atoms with Crippen molar-refractivity contribution in [3.05, 3.63) is 58.7 Å². The van der Waals surface area contributed by atoms with E-state index >= 15 is 0 Å². The Morgan fingerprint density at radius 1 is 1.10 bits per heavy atom. The second kappa shape index (κ2) is 6.31. The van der Waals surface area contributed by atoms with Crippen molar-refractivity contribution in [1.82, 2.24) is 0 Å². The zero-order valence-electron chi connectivity index (χ0n) is 12.3. The molecule has 0 bridgehead atoms. The van der Waals surface area contributed by atoms with Gasteiger partial charge in [-0.3, -0.25) is 0 Å². The van der Waals surface area contributed by atoms with E-state index in [1.807, 2.05) is 32.0 Å². The number of benzene rings is 2. The zero-order valence-corrected chi connectivity index (χ0v) is 12.3. The number of carbonyl (C=O) groups is 1. The van der Waals surface area contributed by atoms with Gasteiger partial charge in [0.05, 0.1) is 12.7 Å². The zero-order chi connectivity index (χ0) is 15.4. The highest BCUT2D eigenvalue weighted by molar-refractivity contribution is 5.88. The molecule has 2 rings (SSSR count). The van der Waals surface area contributed by atoms with Crippen LogP contribution < -0.4 is 9.47 Å². The number of rotatable bonds is 5. The van der Waals surface area contributed by atoms with Crippen LogP contribution in [0.1, 0.15) is 27.0 Å². The van der Waals surface area contributed by atoms with E-state index in [1.165, 1.54) is 6.07 Å². The fraction of sp³-hybridized carbons (Fsp3) is 0.235. The lowest BCUT2D eigenvalue weighted by Gasteiger charge is -2.13. The van der Waals surface area contributed by atoms with Gasteiger partial charge in [-0.05, 0) is 49.2 Å². The monoisotopic (exact) mass is 286 g/mol. The molecule has 4 nitrogen and oxygen atoms in total. The molecule has 0 atom stereocenters. The van der Waals surface area contributed by atoms with Crippen molar-refractivity contribution < 1.29 is 19.4 Å². The Balaban J connectivity index is 2.24. The lowest BCUT2D eigenvalue weighted by Crippen LogP contribution is -2.03. The molecule has 0 unspecified atom stereocenters. The molecule has 0 saturated heterocycles. The number of hydrogen-bond acceptors (Lipinski definition) is 3. The highest BCUT2D eigenvalue weighted by Gasteiger charge is 2.10. The van der Waals surface area contributed by atoms with Gasteiger partial charge in [-0.25, -0.2) is 4.79 Å². The Kier molecular flexibility index (Phi) is 4.48. The van der Waals surface area contributed by atoms with Crippen LogP contribution in [0.2, 0.25) is 0 Å². The van der Waals surface area contributed by atoms with E-state index < -0.39 is 5.97 Å². The molecule has 0 aliphatic heterocycles. The molecule has 0 fully saturated rings. The summed E-state index contributed by atoms with van der Waals surface area (Å²) in [6.45, 7) is 4.23. The first-order chi connectivity index (χ1) is 10.0. The largest absolute Gasteiger partial charge is 0.496 e. The topological polar surface area (TPSA) is 55.8 Å². The van der Waals surface area contributed by atoms with Gasteiger partial charge in [-0.1, -0.05) is 12.1 Å². The summed E-state index contributed by atoms with van der Waals surface area (Å²) >= 11 is 0. The van der Waals surface area contributed by atoms with E-state index in [2.05, 4.69) is 0 Å². The van der Waals surface area contributed by atoms with Crippen LogP contribution in [0.15, 0.2) is 36.4 Å². The maximum absolute atomic E-state index is 11.0. The third-order valence-corrected chi connectivity index (χ3v) is 3.25. The number of aryl methyl sites for hydroxylation is 2. The standard InChI is InChI=1S/C17H18O4/c1-11-4-5-12(2)16(8-11)21-10-14-9-13(17(18)19)6-7-15(14)20-3/h4-9H,10H2,1-3H3,(H,18,19). The molecule has 0 spiro atoms. The number of hydrogen-bond donors (Lipinski definition) is 1. The van der Waals surface area contributed by atoms with E-state index in [1.54, 1.807) is 19.2 Å². The van der Waals surface area contributed by atoms with Crippen molar-refractivity contribution in [1.29, 1.82) is 0 Å². The summed E-state index contributed by atoms with van der Waals surface area (Å²) in [6, 6.07) is 10.7. The van der Waals surface area contributed by atoms with Crippen LogP contribution in [-0.4, -0.2) is 18.2 Å². The molecule has 0 aliphatic carbocycles. The van der Waals surface area contributed by atoms with Gasteiger partial charge in [-0.2, -0.15) is 0 Å². The van der Waals surface area contributed by atoms with Gasteiger partial charge in [0.1, 0.15) is 18.1 Å². The van der Waals surface area contributed by atoms with Crippen molar-refractivity contribution in [2.45, 2.75) is 20.5 Å².